The van der Waals surface area contributed by atoms with Gasteiger partial charge in [-0.1, -0.05) is 32.0 Å². The van der Waals surface area contributed by atoms with Crippen molar-refractivity contribution in [1.82, 2.24) is 14.2 Å². The highest BCUT2D eigenvalue weighted by Crippen LogP contribution is 2.49. The third-order valence-electron chi connectivity index (χ3n) is 5.95. The van der Waals surface area contributed by atoms with Gasteiger partial charge in [-0.3, -0.25) is 18.7 Å². The Balaban J connectivity index is 2.13. The van der Waals surface area contributed by atoms with E-state index < -0.39 is 31.7 Å². The van der Waals surface area contributed by atoms with Crippen LogP contribution >= 0.6 is 7.75 Å². The number of nitrogens with zero attached hydrogens (tertiary/aromatic N) is 2. The summed E-state index contributed by atoms with van der Waals surface area (Å²) >= 11 is 0. The zero-order valence-electron chi connectivity index (χ0n) is 22.0. The topological polar surface area (TPSA) is 157 Å². The Morgan fingerprint density at radius 3 is 2.45 bits per heavy atom. The van der Waals surface area contributed by atoms with Crippen LogP contribution in [-0.2, 0) is 25.0 Å². The van der Waals surface area contributed by atoms with Crippen LogP contribution in [-0.4, -0.2) is 62.2 Å². The maximum absolute atomic E-state index is 13.4. The van der Waals surface area contributed by atoms with Crippen molar-refractivity contribution < 1.29 is 33.1 Å². The highest BCUT2D eigenvalue weighted by Gasteiger charge is 2.45. The maximum Gasteiger partial charge on any atom is 0.436 e. The summed E-state index contributed by atoms with van der Waals surface area (Å²) in [5.41, 5.74) is 7.23. The first kappa shape index (κ1) is 29.3. The summed E-state index contributed by atoms with van der Waals surface area (Å²) in [6.45, 7) is 6.83. The van der Waals surface area contributed by atoms with Gasteiger partial charge in [0.1, 0.15) is 11.7 Å². The van der Waals surface area contributed by atoms with Crippen molar-refractivity contribution >= 4 is 36.4 Å². The Morgan fingerprint density at radius 1 is 1.13 bits per heavy atom. The van der Waals surface area contributed by atoms with Gasteiger partial charge in [0.25, 0.3) is 5.91 Å². The second kappa shape index (κ2) is 12.5. The average molecular weight is 547 g/mol. The standard InChI is InChI=1S/C26H35N4O7P/c1-5-36-26(33)23(30(38(34,35)37-6-2)25(32)21-11-9-13-28-21)15-18-16-29(22-12-8-7-10-19(18)22)24(31)20(27)14-17(3)4/h7-13,16-17,20,23,28H,5-6,14-15,27H2,1-4H3,(H,34,35)/t20-,23-/m0/s1. The average Bonchev–Trinajstić information content (AvgIpc) is 3.51. The number of benzene rings is 1. The molecule has 0 spiro atoms. The SMILES string of the molecule is CCOC(=O)[C@H](Cc1cn(C(=O)[C@@H](N)CC(C)C)c2ccccc12)N(C(=O)c1ccc[nH]1)P(=O)(O)OCC. The minimum absolute atomic E-state index is 0.00876. The number of ether oxygens (including phenoxy) is 1. The molecule has 0 aliphatic carbocycles. The van der Waals surface area contributed by atoms with Gasteiger partial charge in [0.2, 0.25) is 5.91 Å². The fraction of sp³-hybridized carbons (Fsp3) is 0.423. The lowest BCUT2D eigenvalue weighted by Crippen LogP contribution is -2.45. The summed E-state index contributed by atoms with van der Waals surface area (Å²) in [6.07, 6.45) is 3.29. The van der Waals surface area contributed by atoms with Crippen LogP contribution in [0.1, 0.15) is 55.0 Å². The van der Waals surface area contributed by atoms with E-state index in [0.29, 0.717) is 27.6 Å². The van der Waals surface area contributed by atoms with Crippen molar-refractivity contribution in [2.45, 2.75) is 52.6 Å². The molecule has 1 unspecified atom stereocenters. The number of carbonyl (C=O) groups is 3. The van der Waals surface area contributed by atoms with Gasteiger partial charge in [0.05, 0.1) is 24.8 Å². The number of amides is 1. The molecule has 4 N–H and O–H groups in total. The zero-order valence-corrected chi connectivity index (χ0v) is 22.9. The molecule has 1 amide bonds. The summed E-state index contributed by atoms with van der Waals surface area (Å²) in [5, 5.41) is 0.628. The summed E-state index contributed by atoms with van der Waals surface area (Å²) in [4.78, 5) is 53.4. The monoisotopic (exact) mass is 546 g/mol. The highest BCUT2D eigenvalue weighted by atomic mass is 31.2. The number of hydrogen-bond donors (Lipinski definition) is 3. The number of esters is 1. The van der Waals surface area contributed by atoms with Crippen LogP contribution in [0, 0.1) is 5.92 Å². The zero-order chi connectivity index (χ0) is 28.0. The second-order valence-corrected chi connectivity index (χ2v) is 10.9. The van der Waals surface area contributed by atoms with Gasteiger partial charge < -0.3 is 20.3 Å². The molecule has 3 rings (SSSR count). The number of aromatic nitrogens is 2. The molecular formula is C26H35N4O7P. The van der Waals surface area contributed by atoms with E-state index in [1.54, 1.807) is 43.5 Å². The summed E-state index contributed by atoms with van der Waals surface area (Å²) in [5.74, 6) is -1.92. The van der Waals surface area contributed by atoms with Crippen molar-refractivity contribution in [3.63, 3.8) is 0 Å². The molecule has 0 radical (unpaired) electrons. The Kier molecular flexibility index (Phi) is 9.67. The lowest BCUT2D eigenvalue weighted by Gasteiger charge is -2.32. The normalized spacial score (nSPS) is 14.7. The fourth-order valence-electron chi connectivity index (χ4n) is 4.35. The molecule has 0 saturated heterocycles. The predicted octanol–water partition coefficient (Wildman–Crippen LogP) is 3.74. The molecule has 0 saturated carbocycles. The Labute approximate surface area is 221 Å². The third-order valence-corrected chi connectivity index (χ3v) is 7.55. The molecule has 0 aliphatic rings. The smallest absolute Gasteiger partial charge is 0.436 e. The van der Waals surface area contributed by atoms with Crippen LogP contribution < -0.4 is 5.73 Å². The van der Waals surface area contributed by atoms with E-state index in [9.17, 15) is 23.8 Å². The quantitative estimate of drug-likeness (QED) is 0.229. The molecule has 206 valence electrons. The molecule has 0 fully saturated rings. The van der Waals surface area contributed by atoms with Gasteiger partial charge in [0, 0.05) is 24.2 Å². The number of carbonyl (C=O) groups excluding carboxylic acids is 3. The summed E-state index contributed by atoms with van der Waals surface area (Å²) < 4.78 is 25.6. The number of nitrogens with one attached hydrogen (secondary N) is 1. The van der Waals surface area contributed by atoms with Gasteiger partial charge in [-0.15, -0.1) is 0 Å². The van der Waals surface area contributed by atoms with E-state index in [1.165, 1.54) is 23.8 Å². The van der Waals surface area contributed by atoms with E-state index in [-0.39, 0.29) is 37.2 Å². The largest absolute Gasteiger partial charge is 0.464 e. The predicted molar refractivity (Wildman–Crippen MR) is 143 cm³/mol. The van der Waals surface area contributed by atoms with Crippen molar-refractivity contribution in [1.29, 1.82) is 0 Å². The number of para-hydroxylation sites is 1. The fourth-order valence-corrected chi connectivity index (χ4v) is 5.67. The Hall–Kier alpha value is -3.24. The number of H-pyrrole nitrogens is 1. The van der Waals surface area contributed by atoms with Gasteiger partial charge >= 0.3 is 13.7 Å². The Bertz CT molecular complexity index is 1320. The summed E-state index contributed by atoms with van der Waals surface area (Å²) in [7, 11) is -4.81. The lowest BCUT2D eigenvalue weighted by molar-refractivity contribution is -0.147. The van der Waals surface area contributed by atoms with E-state index in [1.807, 2.05) is 13.8 Å². The number of fused-ring (bicyclic) bond motifs is 1. The minimum Gasteiger partial charge on any atom is -0.464 e. The molecule has 3 atom stereocenters. The number of rotatable bonds is 12. The maximum atomic E-state index is 13.4. The highest BCUT2D eigenvalue weighted by molar-refractivity contribution is 7.51. The lowest BCUT2D eigenvalue weighted by atomic mass is 10.0. The Morgan fingerprint density at radius 2 is 1.84 bits per heavy atom. The van der Waals surface area contributed by atoms with Crippen LogP contribution in [0.4, 0.5) is 0 Å². The number of hydrogen-bond acceptors (Lipinski definition) is 7. The van der Waals surface area contributed by atoms with E-state index in [4.69, 9.17) is 15.0 Å². The molecule has 2 aromatic heterocycles. The van der Waals surface area contributed by atoms with E-state index >= 15 is 0 Å². The summed E-state index contributed by atoms with van der Waals surface area (Å²) in [6, 6.07) is 7.74. The molecule has 11 nitrogen and oxygen atoms in total. The molecule has 2 heterocycles. The molecule has 0 aliphatic heterocycles. The van der Waals surface area contributed by atoms with Crippen LogP contribution in [0.3, 0.4) is 0 Å². The first-order valence-electron chi connectivity index (χ1n) is 12.5. The molecular weight excluding hydrogens is 511 g/mol. The molecule has 1 aromatic carbocycles. The van der Waals surface area contributed by atoms with Gasteiger partial charge in [-0.25, -0.2) is 14.0 Å². The van der Waals surface area contributed by atoms with Crippen molar-refractivity contribution in [2.24, 2.45) is 11.7 Å². The van der Waals surface area contributed by atoms with Gasteiger partial charge in [-0.2, -0.15) is 0 Å². The van der Waals surface area contributed by atoms with Crippen LogP contribution in [0.2, 0.25) is 0 Å². The number of nitrogens with two attached hydrogens (primary N) is 1. The second-order valence-electron chi connectivity index (χ2n) is 9.23. The van der Waals surface area contributed by atoms with Crippen LogP contribution in [0.5, 0.6) is 0 Å². The molecule has 0 bridgehead atoms. The minimum atomic E-state index is -4.81. The first-order chi connectivity index (χ1) is 18.0. The first-order valence-corrected chi connectivity index (χ1v) is 14.0. The van der Waals surface area contributed by atoms with Crippen molar-refractivity contribution in [3.8, 4) is 0 Å². The van der Waals surface area contributed by atoms with Crippen molar-refractivity contribution in [2.75, 3.05) is 13.2 Å². The van der Waals surface area contributed by atoms with E-state index in [2.05, 4.69) is 4.98 Å². The third kappa shape index (κ3) is 6.42. The van der Waals surface area contributed by atoms with Crippen LogP contribution in [0.15, 0.2) is 48.8 Å². The van der Waals surface area contributed by atoms with E-state index in [0.717, 1.165) is 0 Å². The van der Waals surface area contributed by atoms with Crippen molar-refractivity contribution in [3.05, 3.63) is 60.0 Å². The van der Waals surface area contributed by atoms with Crippen LogP contribution in [0.25, 0.3) is 10.9 Å². The van der Waals surface area contributed by atoms with Gasteiger partial charge in [0.15, 0.2) is 0 Å². The number of aromatic amines is 1. The molecule has 3 aromatic rings. The van der Waals surface area contributed by atoms with Gasteiger partial charge in [-0.05, 0) is 49.9 Å². The molecule has 38 heavy (non-hydrogen) atoms. The molecule has 12 heteroatoms.